The number of para-hydroxylation sites is 1. The lowest BCUT2D eigenvalue weighted by atomic mass is 10.1. The van der Waals surface area contributed by atoms with Crippen LogP contribution in [0.5, 0.6) is 5.75 Å². The predicted octanol–water partition coefficient (Wildman–Crippen LogP) is 0.899. The summed E-state index contributed by atoms with van der Waals surface area (Å²) in [6.45, 7) is 1.33. The van der Waals surface area contributed by atoms with Crippen molar-refractivity contribution in [3.05, 3.63) is 29.8 Å². The summed E-state index contributed by atoms with van der Waals surface area (Å²) >= 11 is 0. The number of carbonyl (C=O) groups is 1. The van der Waals surface area contributed by atoms with Gasteiger partial charge in [0.05, 0.1) is 0 Å². The number of benzene rings is 1. The fourth-order valence-corrected chi connectivity index (χ4v) is 1.42. The van der Waals surface area contributed by atoms with Crippen LogP contribution in [-0.4, -0.2) is 16.7 Å². The van der Waals surface area contributed by atoms with E-state index >= 15 is 0 Å². The molecule has 0 aromatic heterocycles. The molecule has 0 fully saturated rings. The molecule has 0 aliphatic carbocycles. The number of Topliss-reactive ketones (excluding diaryl/α,β-unsaturated/α-hetero) is 1. The molecule has 3 nitrogen and oxygen atoms in total. The van der Waals surface area contributed by atoms with Gasteiger partial charge in [0.15, 0.2) is 0 Å². The van der Waals surface area contributed by atoms with Gasteiger partial charge in [0.1, 0.15) is 5.75 Å². The van der Waals surface area contributed by atoms with Gasteiger partial charge in [0.2, 0.25) is 5.78 Å². The third-order valence-corrected chi connectivity index (χ3v) is 2.23. The van der Waals surface area contributed by atoms with Gasteiger partial charge in [-0.1, -0.05) is 18.2 Å². The molecular weight excluding hydrogens is 168 g/mol. The van der Waals surface area contributed by atoms with E-state index in [0.29, 0.717) is 5.75 Å². The third-order valence-electron chi connectivity index (χ3n) is 2.23. The van der Waals surface area contributed by atoms with E-state index in [-0.39, 0.29) is 12.2 Å². The Bertz CT molecular complexity index is 332. The molecule has 1 aromatic rings. The lowest BCUT2D eigenvalue weighted by Gasteiger charge is -2.17. The van der Waals surface area contributed by atoms with Crippen molar-refractivity contribution in [1.82, 2.24) is 0 Å². The van der Waals surface area contributed by atoms with Crippen molar-refractivity contribution in [3.8, 4) is 5.75 Å². The summed E-state index contributed by atoms with van der Waals surface area (Å²) in [5.74, 6) is -1.40. The van der Waals surface area contributed by atoms with E-state index in [1.807, 2.05) is 18.2 Å². The molecule has 0 bridgehead atoms. The van der Waals surface area contributed by atoms with Crippen LogP contribution in [0.3, 0.4) is 0 Å². The van der Waals surface area contributed by atoms with Gasteiger partial charge in [-0.25, -0.2) is 0 Å². The Balaban J connectivity index is 2.37. The monoisotopic (exact) mass is 178 g/mol. The van der Waals surface area contributed by atoms with Crippen molar-refractivity contribution in [2.45, 2.75) is 19.1 Å². The topological polar surface area (TPSA) is 46.5 Å². The van der Waals surface area contributed by atoms with E-state index in [1.165, 1.54) is 6.92 Å². The highest BCUT2D eigenvalue weighted by Crippen LogP contribution is 2.33. The number of hydrogen-bond donors (Lipinski definition) is 1. The molecule has 1 unspecified atom stereocenters. The van der Waals surface area contributed by atoms with Crippen LogP contribution >= 0.6 is 0 Å². The molecule has 1 atom stereocenters. The molecule has 0 radical (unpaired) electrons. The van der Waals surface area contributed by atoms with Crippen molar-refractivity contribution in [1.29, 1.82) is 0 Å². The number of aliphatic hydroxyl groups is 1. The van der Waals surface area contributed by atoms with Crippen LogP contribution in [0.15, 0.2) is 24.3 Å². The lowest BCUT2D eigenvalue weighted by Crippen LogP contribution is -2.41. The highest BCUT2D eigenvalue weighted by atomic mass is 16.6. The van der Waals surface area contributed by atoms with Gasteiger partial charge < -0.3 is 9.84 Å². The average molecular weight is 178 g/mol. The summed E-state index contributed by atoms with van der Waals surface area (Å²) in [5.41, 5.74) is 0.875. The van der Waals surface area contributed by atoms with Gasteiger partial charge in [0, 0.05) is 18.9 Å². The van der Waals surface area contributed by atoms with Gasteiger partial charge in [0.25, 0.3) is 5.79 Å². The average Bonchev–Trinajstić information content (AvgIpc) is 2.42. The van der Waals surface area contributed by atoms with Crippen molar-refractivity contribution in [2.24, 2.45) is 0 Å². The molecule has 1 aliphatic heterocycles. The molecule has 0 amide bonds. The van der Waals surface area contributed by atoms with Gasteiger partial charge in [-0.05, 0) is 6.07 Å². The van der Waals surface area contributed by atoms with Crippen molar-refractivity contribution in [2.75, 3.05) is 0 Å². The number of ketones is 1. The van der Waals surface area contributed by atoms with Crippen LogP contribution in [0.4, 0.5) is 0 Å². The summed E-state index contributed by atoms with van der Waals surface area (Å²) in [7, 11) is 0. The second kappa shape index (κ2) is 2.57. The number of hydrogen-bond acceptors (Lipinski definition) is 3. The fourth-order valence-electron chi connectivity index (χ4n) is 1.42. The van der Waals surface area contributed by atoms with E-state index in [9.17, 15) is 9.90 Å². The zero-order chi connectivity index (χ0) is 9.47. The Morgan fingerprint density at radius 1 is 1.54 bits per heavy atom. The Morgan fingerprint density at radius 2 is 2.23 bits per heavy atom. The Labute approximate surface area is 76.0 Å². The van der Waals surface area contributed by atoms with Crippen LogP contribution < -0.4 is 4.74 Å². The standard InChI is InChI=1S/C10H10O3/c1-7(11)10(12)6-8-4-2-3-5-9(8)13-10/h2-5,12H,6H2,1H3. The minimum Gasteiger partial charge on any atom is -0.454 e. The van der Waals surface area contributed by atoms with Crippen LogP contribution in [0.1, 0.15) is 12.5 Å². The second-order valence-corrected chi connectivity index (χ2v) is 3.23. The van der Waals surface area contributed by atoms with E-state index in [4.69, 9.17) is 4.74 Å². The first-order valence-corrected chi connectivity index (χ1v) is 4.12. The van der Waals surface area contributed by atoms with Crippen LogP contribution in [0.25, 0.3) is 0 Å². The Morgan fingerprint density at radius 3 is 2.85 bits per heavy atom. The van der Waals surface area contributed by atoms with Crippen molar-refractivity contribution < 1.29 is 14.6 Å². The van der Waals surface area contributed by atoms with Crippen molar-refractivity contribution >= 4 is 5.78 Å². The molecule has 68 valence electrons. The highest BCUT2D eigenvalue weighted by Gasteiger charge is 2.41. The lowest BCUT2D eigenvalue weighted by molar-refractivity contribution is -0.164. The maximum Gasteiger partial charge on any atom is 0.271 e. The maximum absolute atomic E-state index is 11.1. The van der Waals surface area contributed by atoms with Crippen LogP contribution in [-0.2, 0) is 11.2 Å². The van der Waals surface area contributed by atoms with Gasteiger partial charge >= 0.3 is 0 Å². The van der Waals surface area contributed by atoms with Crippen LogP contribution in [0, 0.1) is 0 Å². The first-order chi connectivity index (χ1) is 6.12. The molecule has 0 saturated heterocycles. The number of carbonyl (C=O) groups excluding carboxylic acids is 1. The molecule has 1 aromatic carbocycles. The molecular formula is C10H10O3. The fraction of sp³-hybridized carbons (Fsp3) is 0.300. The van der Waals surface area contributed by atoms with E-state index in [2.05, 4.69) is 0 Å². The Hall–Kier alpha value is -1.35. The summed E-state index contributed by atoms with van der Waals surface area (Å²) in [6.07, 6.45) is 0.249. The predicted molar refractivity (Wildman–Crippen MR) is 46.4 cm³/mol. The molecule has 1 aliphatic rings. The SMILES string of the molecule is CC(=O)C1(O)Cc2ccccc2O1. The molecule has 2 rings (SSSR count). The first-order valence-electron chi connectivity index (χ1n) is 4.12. The zero-order valence-electron chi connectivity index (χ0n) is 7.28. The normalized spacial score (nSPS) is 25.1. The third kappa shape index (κ3) is 1.21. The van der Waals surface area contributed by atoms with Crippen LogP contribution in [0.2, 0.25) is 0 Å². The number of fused-ring (bicyclic) bond motifs is 1. The van der Waals surface area contributed by atoms with Gasteiger partial charge in [-0.2, -0.15) is 0 Å². The minimum absolute atomic E-state index is 0.249. The van der Waals surface area contributed by atoms with Gasteiger partial charge in [-0.15, -0.1) is 0 Å². The second-order valence-electron chi connectivity index (χ2n) is 3.23. The largest absolute Gasteiger partial charge is 0.454 e. The van der Waals surface area contributed by atoms with E-state index in [0.717, 1.165) is 5.56 Å². The summed E-state index contributed by atoms with van der Waals surface area (Å²) in [5, 5.41) is 9.72. The minimum atomic E-state index is -1.64. The smallest absolute Gasteiger partial charge is 0.271 e. The molecule has 0 saturated carbocycles. The summed E-state index contributed by atoms with van der Waals surface area (Å²) < 4.78 is 5.16. The maximum atomic E-state index is 11.1. The molecule has 1 N–H and O–H groups in total. The van der Waals surface area contributed by atoms with Gasteiger partial charge in [-0.3, -0.25) is 4.79 Å². The number of rotatable bonds is 1. The Kier molecular flexibility index (Phi) is 1.63. The quantitative estimate of drug-likeness (QED) is 0.695. The molecule has 3 heteroatoms. The van der Waals surface area contributed by atoms with Crippen molar-refractivity contribution in [3.63, 3.8) is 0 Å². The highest BCUT2D eigenvalue weighted by molar-refractivity contribution is 5.84. The summed E-state index contributed by atoms with van der Waals surface area (Å²) in [6, 6.07) is 7.26. The molecule has 0 spiro atoms. The number of ether oxygens (including phenoxy) is 1. The molecule has 1 heterocycles. The van der Waals surface area contributed by atoms with E-state index < -0.39 is 5.79 Å². The summed E-state index contributed by atoms with van der Waals surface area (Å²) in [4.78, 5) is 11.1. The first kappa shape index (κ1) is 8.26. The van der Waals surface area contributed by atoms with E-state index in [1.54, 1.807) is 6.07 Å². The zero-order valence-corrected chi connectivity index (χ0v) is 7.28. The molecule has 13 heavy (non-hydrogen) atoms.